The van der Waals surface area contributed by atoms with E-state index < -0.39 is 0 Å². The fourth-order valence-corrected chi connectivity index (χ4v) is 4.90. The van der Waals surface area contributed by atoms with Crippen molar-refractivity contribution in [3.63, 3.8) is 0 Å². The highest BCUT2D eigenvalue weighted by molar-refractivity contribution is 6.31. The summed E-state index contributed by atoms with van der Waals surface area (Å²) in [5.41, 5.74) is 2.66. The number of hydrogen-bond acceptors (Lipinski definition) is 5. The first-order valence-electron chi connectivity index (χ1n) is 12.7. The third-order valence-corrected chi connectivity index (χ3v) is 6.84. The third-order valence-electron chi connectivity index (χ3n) is 6.62. The van der Waals surface area contributed by atoms with Crippen LogP contribution < -0.4 is 15.0 Å². The molecule has 6 aromatic rings. The summed E-state index contributed by atoms with van der Waals surface area (Å²) in [4.78, 5) is 18.3. The Bertz CT molecular complexity index is 1930. The maximum Gasteiger partial charge on any atom is 0.282 e. The van der Waals surface area contributed by atoms with E-state index in [0.29, 0.717) is 45.4 Å². The summed E-state index contributed by atoms with van der Waals surface area (Å²) in [6.45, 7) is 0.299. The van der Waals surface area contributed by atoms with Gasteiger partial charge in [-0.1, -0.05) is 96.5 Å². The molecule has 0 saturated carbocycles. The van der Waals surface area contributed by atoms with E-state index in [9.17, 15) is 4.79 Å². The summed E-state index contributed by atoms with van der Waals surface area (Å²) in [5.74, 6) is 1.35. The van der Waals surface area contributed by atoms with Gasteiger partial charge in [0.1, 0.15) is 6.61 Å². The predicted octanol–water partition coefficient (Wildman–Crippen LogP) is 7.34. The maximum atomic E-state index is 13.6. The lowest BCUT2D eigenvalue weighted by atomic mass is 10.1. The summed E-state index contributed by atoms with van der Waals surface area (Å²) in [5, 5.41) is 7.76. The van der Waals surface area contributed by atoms with Gasteiger partial charge in [0.05, 0.1) is 24.2 Å². The molecule has 0 fully saturated rings. The van der Waals surface area contributed by atoms with E-state index in [1.165, 1.54) is 4.68 Å². The molecule has 7 heteroatoms. The highest BCUT2D eigenvalue weighted by Gasteiger charge is 2.15. The molecule has 0 aliphatic rings. The summed E-state index contributed by atoms with van der Waals surface area (Å²) < 4.78 is 13.3. The van der Waals surface area contributed by atoms with Gasteiger partial charge in [0.25, 0.3) is 5.56 Å². The minimum atomic E-state index is -0.284. The first-order chi connectivity index (χ1) is 19.6. The number of nitrogens with zero attached hydrogens (tertiary/aromatic N) is 3. The molecular formula is C33H24ClN3O3. The van der Waals surface area contributed by atoms with Gasteiger partial charge in [-0.3, -0.25) is 4.79 Å². The Morgan fingerprint density at radius 3 is 2.42 bits per heavy atom. The Morgan fingerprint density at radius 1 is 0.875 bits per heavy atom. The lowest BCUT2D eigenvalue weighted by Crippen LogP contribution is -2.20. The van der Waals surface area contributed by atoms with Crippen LogP contribution in [0.3, 0.4) is 0 Å². The average Bonchev–Trinajstić information content (AvgIpc) is 3.00. The van der Waals surface area contributed by atoms with Crippen LogP contribution in [0.4, 0.5) is 0 Å². The standard InChI is InChI=1S/C33H24ClN3O3/c1-39-30-19-26(34)18-25(31(30)40-21-24-14-9-13-22-10-5-6-15-27(22)24)20-35-37-32(23-11-3-2-4-12-23)36-29-17-8-7-16-28(29)33(37)38/h2-20H,21H2,1H3. The number of halogens is 1. The van der Waals surface area contributed by atoms with Crippen LogP contribution in [0, 0.1) is 0 Å². The number of aromatic nitrogens is 2. The van der Waals surface area contributed by atoms with E-state index in [1.54, 1.807) is 31.5 Å². The van der Waals surface area contributed by atoms with Crippen LogP contribution in [0.2, 0.25) is 5.02 Å². The van der Waals surface area contributed by atoms with Gasteiger partial charge in [0.15, 0.2) is 17.3 Å². The second kappa shape index (κ2) is 11.0. The molecular weight excluding hydrogens is 522 g/mol. The minimum absolute atomic E-state index is 0.284. The molecule has 1 aromatic heterocycles. The first-order valence-corrected chi connectivity index (χ1v) is 13.1. The Hall–Kier alpha value is -4.94. The summed E-state index contributed by atoms with van der Waals surface area (Å²) in [6.07, 6.45) is 1.55. The molecule has 0 spiro atoms. The first kappa shape index (κ1) is 25.3. The molecule has 0 N–H and O–H groups in total. The molecule has 0 aliphatic carbocycles. The van der Waals surface area contributed by atoms with Gasteiger partial charge in [-0.05, 0) is 34.5 Å². The molecule has 5 aromatic carbocycles. The van der Waals surface area contributed by atoms with E-state index in [4.69, 9.17) is 26.1 Å². The SMILES string of the molecule is COc1cc(Cl)cc(C=Nn2c(-c3ccccc3)nc3ccccc3c2=O)c1OCc1cccc2ccccc12. The van der Waals surface area contributed by atoms with Crippen LogP contribution in [0.15, 0.2) is 119 Å². The fourth-order valence-electron chi connectivity index (χ4n) is 4.68. The van der Waals surface area contributed by atoms with Crippen molar-refractivity contribution in [2.45, 2.75) is 6.61 Å². The number of hydrogen-bond donors (Lipinski definition) is 0. The highest BCUT2D eigenvalue weighted by Crippen LogP contribution is 2.35. The molecule has 0 aliphatic heterocycles. The lowest BCUT2D eigenvalue weighted by Gasteiger charge is -2.15. The zero-order valence-corrected chi connectivity index (χ0v) is 22.4. The van der Waals surface area contributed by atoms with Gasteiger partial charge >= 0.3 is 0 Å². The van der Waals surface area contributed by atoms with Gasteiger partial charge in [-0.15, -0.1) is 0 Å². The minimum Gasteiger partial charge on any atom is -0.493 e. The molecule has 40 heavy (non-hydrogen) atoms. The van der Waals surface area contributed by atoms with Crippen molar-refractivity contribution in [2.75, 3.05) is 7.11 Å². The molecule has 0 bridgehead atoms. The average molecular weight is 546 g/mol. The molecule has 0 unspecified atom stereocenters. The molecule has 6 nitrogen and oxygen atoms in total. The highest BCUT2D eigenvalue weighted by atomic mass is 35.5. The number of rotatable bonds is 7. The number of ether oxygens (including phenoxy) is 2. The maximum absolute atomic E-state index is 13.6. The van der Waals surface area contributed by atoms with E-state index in [0.717, 1.165) is 21.9 Å². The van der Waals surface area contributed by atoms with E-state index in [-0.39, 0.29) is 5.56 Å². The van der Waals surface area contributed by atoms with E-state index >= 15 is 0 Å². The summed E-state index contributed by atoms with van der Waals surface area (Å²) in [6, 6.07) is 34.4. The lowest BCUT2D eigenvalue weighted by molar-refractivity contribution is 0.285. The van der Waals surface area contributed by atoms with Crippen molar-refractivity contribution in [2.24, 2.45) is 5.10 Å². The van der Waals surface area contributed by atoms with Crippen molar-refractivity contribution in [3.8, 4) is 22.9 Å². The van der Waals surface area contributed by atoms with E-state index in [1.807, 2.05) is 72.8 Å². The largest absolute Gasteiger partial charge is 0.493 e. The smallest absolute Gasteiger partial charge is 0.282 e. The van der Waals surface area contributed by atoms with Gasteiger partial charge in [0, 0.05) is 22.2 Å². The van der Waals surface area contributed by atoms with Crippen LogP contribution in [0.25, 0.3) is 33.1 Å². The molecule has 0 amide bonds. The van der Waals surface area contributed by atoms with Gasteiger partial charge in [-0.2, -0.15) is 9.78 Å². The molecule has 0 radical (unpaired) electrons. The third kappa shape index (κ3) is 4.93. The van der Waals surface area contributed by atoms with Crippen molar-refractivity contribution < 1.29 is 9.47 Å². The van der Waals surface area contributed by atoms with Gasteiger partial charge < -0.3 is 9.47 Å². The summed E-state index contributed by atoms with van der Waals surface area (Å²) >= 11 is 6.44. The second-order valence-electron chi connectivity index (χ2n) is 9.13. The van der Waals surface area contributed by atoms with Crippen LogP contribution in [0.1, 0.15) is 11.1 Å². The van der Waals surface area contributed by atoms with Crippen molar-refractivity contribution in [1.29, 1.82) is 0 Å². The Kier molecular flexibility index (Phi) is 7.00. The number of para-hydroxylation sites is 1. The molecule has 196 valence electrons. The van der Waals surface area contributed by atoms with Crippen LogP contribution in [-0.4, -0.2) is 23.0 Å². The monoisotopic (exact) mass is 545 g/mol. The van der Waals surface area contributed by atoms with E-state index in [2.05, 4.69) is 23.3 Å². The molecule has 0 saturated heterocycles. The van der Waals surface area contributed by atoms with Gasteiger partial charge in [0.2, 0.25) is 0 Å². The zero-order chi connectivity index (χ0) is 27.5. The van der Waals surface area contributed by atoms with Crippen molar-refractivity contribution >= 4 is 39.5 Å². The zero-order valence-electron chi connectivity index (χ0n) is 21.6. The Labute approximate surface area is 235 Å². The van der Waals surface area contributed by atoms with Crippen LogP contribution in [0.5, 0.6) is 11.5 Å². The Balaban J connectivity index is 1.45. The fraction of sp³-hybridized carbons (Fsp3) is 0.0606. The Morgan fingerprint density at radius 2 is 1.60 bits per heavy atom. The topological polar surface area (TPSA) is 65.7 Å². The predicted molar refractivity (Wildman–Crippen MR) is 161 cm³/mol. The van der Waals surface area contributed by atoms with Gasteiger partial charge in [-0.25, -0.2) is 4.98 Å². The van der Waals surface area contributed by atoms with Crippen molar-refractivity contribution in [3.05, 3.63) is 136 Å². The molecule has 0 atom stereocenters. The normalized spacial score (nSPS) is 11.3. The van der Waals surface area contributed by atoms with Crippen LogP contribution >= 0.6 is 11.6 Å². The molecule has 6 rings (SSSR count). The number of fused-ring (bicyclic) bond motifs is 2. The quantitative estimate of drug-likeness (QED) is 0.197. The number of benzene rings is 5. The number of methoxy groups -OCH3 is 1. The molecule has 1 heterocycles. The second-order valence-corrected chi connectivity index (χ2v) is 9.57. The van der Waals surface area contributed by atoms with Crippen molar-refractivity contribution in [1.82, 2.24) is 9.66 Å². The van der Waals surface area contributed by atoms with Crippen LogP contribution in [-0.2, 0) is 6.61 Å². The summed E-state index contributed by atoms with van der Waals surface area (Å²) in [7, 11) is 1.56.